The Hall–Kier alpha value is -7.05. The number of ether oxygens (including phenoxy) is 12. The van der Waals surface area contributed by atoms with Gasteiger partial charge in [0.15, 0.2) is 48.7 Å². The molecule has 33 atom stereocenters. The lowest BCUT2D eigenvalue weighted by Gasteiger charge is -2.38. The number of alkyl halides is 6. The van der Waals surface area contributed by atoms with E-state index in [0.29, 0.717) is 117 Å². The molecular weight excluding hydrogens is 1750 g/mol. The van der Waals surface area contributed by atoms with Crippen LogP contribution in [0.4, 0.5) is 26.3 Å². The second kappa shape index (κ2) is 32.7. The third kappa shape index (κ3) is 16.0. The molecule has 3 saturated heterocycles. The van der Waals surface area contributed by atoms with Crippen molar-refractivity contribution in [1.29, 1.82) is 0 Å². The van der Waals surface area contributed by atoms with Crippen LogP contribution >= 0.6 is 0 Å². The molecule has 18 rings (SSSR count). The van der Waals surface area contributed by atoms with E-state index in [1.54, 1.807) is 0 Å². The summed E-state index contributed by atoms with van der Waals surface area (Å²) in [7, 11) is -18.2. The van der Waals surface area contributed by atoms with Crippen molar-refractivity contribution in [1.82, 2.24) is 0 Å². The zero-order valence-corrected chi connectivity index (χ0v) is 72.7. The van der Waals surface area contributed by atoms with Crippen molar-refractivity contribution < 1.29 is 180 Å². The van der Waals surface area contributed by atoms with Gasteiger partial charge in [-0.25, -0.2) is 25.3 Å². The van der Waals surface area contributed by atoms with E-state index in [1.807, 2.05) is 13.8 Å². The summed E-state index contributed by atoms with van der Waals surface area (Å²) < 4.78 is 243. The first kappa shape index (κ1) is 92.2. The highest BCUT2D eigenvalue weighted by Crippen LogP contribution is 2.69. The van der Waals surface area contributed by atoms with Gasteiger partial charge in [-0.15, -0.1) is 0 Å². The van der Waals surface area contributed by atoms with Crippen molar-refractivity contribution in [2.75, 3.05) is 0 Å². The molecule has 15 aliphatic carbocycles. The lowest BCUT2D eigenvalue weighted by molar-refractivity contribution is -0.179. The number of carbonyl (C=O) groups is 12. The number of halogens is 6. The zero-order valence-electron chi connectivity index (χ0n) is 70.3. The molecule has 18 aliphatic rings. The van der Waals surface area contributed by atoms with Crippen molar-refractivity contribution in [2.45, 2.75) is 296 Å². The number of hydrogen-bond acceptors (Lipinski definition) is 33. The van der Waals surface area contributed by atoms with E-state index in [2.05, 4.69) is 28.1 Å². The fourth-order valence-electron chi connectivity index (χ4n) is 27.7. The second-order valence-electron chi connectivity index (χ2n) is 40.0. The third-order valence-corrected chi connectivity index (χ3v) is 36.4. The molecule has 0 spiro atoms. The molecule has 0 N–H and O–H groups in total. The van der Waals surface area contributed by atoms with Gasteiger partial charge in [-0.1, -0.05) is 20.8 Å². The van der Waals surface area contributed by atoms with E-state index in [1.165, 1.54) is 57.8 Å². The summed E-state index contributed by atoms with van der Waals surface area (Å²) >= 11 is 0. The van der Waals surface area contributed by atoms with Crippen LogP contribution in [-0.2, 0) is 145 Å². The quantitative estimate of drug-likeness (QED) is 0.0296. The highest BCUT2D eigenvalue weighted by molar-refractivity contribution is 7.87. The second-order valence-corrected chi connectivity index (χ2v) is 44.4. The van der Waals surface area contributed by atoms with Crippen LogP contribution in [0.15, 0.2) is 0 Å². The van der Waals surface area contributed by atoms with Gasteiger partial charge in [0.1, 0.15) is 53.4 Å². The van der Waals surface area contributed by atoms with E-state index in [4.69, 9.17) is 42.6 Å². The average molecular weight is 1850 g/mol. The average Bonchev–Trinajstić information content (AvgIpc) is 1.55. The minimum atomic E-state index is -6.08. The van der Waals surface area contributed by atoms with Crippen LogP contribution in [0, 0.1) is 148 Å². The van der Waals surface area contributed by atoms with Gasteiger partial charge < -0.3 is 70.5 Å². The summed E-state index contributed by atoms with van der Waals surface area (Å²) in [6.07, 6.45) is 1.48. The number of hydrogen-bond donors (Lipinski definition) is 0. The Labute approximate surface area is 722 Å². The largest absolute Gasteiger partial charge is 0.743 e. The SMILES string of the molecule is CC(C)C1(OC(=O)C2C3CC4C(OC(=O)C42)C3OC(=O)CCC(=O)OC(C)C(F)(F)S(=O)(=O)[O-])CC2C3CCC(C3)C2C1.CC(OC(=O)CCC(=O)OC1C2CC3C1OC(=O)C3C2C(=O)OC1(C)CC2C3CCC(C3)C2C1)C(F)(F)S(=O)(=O)[O-].CCC1(OC(=O)C2C3CC4C(OC(=O)C42)C3OC(=O)CCC(=O)OC(C)C(F)(F)S(=O)(=O)[O-])CC2C3CCC(C3)C2C1. The molecule has 0 aromatic rings. The van der Waals surface area contributed by atoms with Gasteiger partial charge in [-0.05, 0) is 227 Å². The molecule has 12 bridgehead atoms. The highest BCUT2D eigenvalue weighted by Gasteiger charge is 2.75. The smallest absolute Gasteiger partial charge is 0.369 e. The van der Waals surface area contributed by atoms with Crippen LogP contribution in [0.5, 0.6) is 0 Å². The maximum atomic E-state index is 13.9. The summed E-state index contributed by atoms with van der Waals surface area (Å²) in [6.45, 7) is 9.77. The molecule has 702 valence electrons. The Kier molecular flexibility index (Phi) is 24.0. The molecule has 18 fully saturated rings. The standard InChI is InChI=1S/C29H38F2O11S.C28H36F2O11S.C27H34F2O11S/c1-12(2)28(10-18-14-4-5-15(8-14)19(18)11-28)42-27(35)23-17-9-16-22(23)26(34)41-25(16)24(17)40-21(33)7-6-20(32)39-13(3)29(30,31)43(36,37)38;1-3-27(10-17-13-4-5-14(8-13)18(17)11-27)41-26(34)22-16-9-15-21(22)25(33)40-24(15)23(16)39-20(32)7-6-19(31)38-12(2)28(29,30)42(35,36)37;1-11(27(28,29)41(34,35)36)37-18(30)5-6-19(31)38-22-15-8-14-20(24(32)39-23(14)22)21(15)25(33)40-26(2)9-16-12-3-4-13(7-12)17(16)10-26/h12-19,22-25H,4-11H2,1-3H3,(H,36,37,38);12-18,21-24H,3-11H2,1-2H3,(H,35,36,37);11-17,20-23H,3-10H2,1-2H3,(H,34,35,36)/p-3. The maximum Gasteiger partial charge on any atom is 0.369 e. The van der Waals surface area contributed by atoms with E-state index >= 15 is 0 Å². The van der Waals surface area contributed by atoms with Crippen LogP contribution in [0.25, 0.3) is 0 Å². The van der Waals surface area contributed by atoms with E-state index in [9.17, 15) is 123 Å². The zero-order chi connectivity index (χ0) is 91.2. The Morgan fingerprint density at radius 1 is 0.381 bits per heavy atom. The lowest BCUT2D eigenvalue weighted by atomic mass is 9.78. The van der Waals surface area contributed by atoms with Crippen LogP contribution < -0.4 is 0 Å². The Morgan fingerprint density at radius 3 is 0.921 bits per heavy atom. The first-order valence-corrected chi connectivity index (χ1v) is 48.5. The molecule has 126 heavy (non-hydrogen) atoms. The normalized spacial score (nSPS) is 41.9. The summed E-state index contributed by atoms with van der Waals surface area (Å²) in [5, 5.41) is -14.5. The van der Waals surface area contributed by atoms with Gasteiger partial charge >= 0.3 is 87.4 Å². The van der Waals surface area contributed by atoms with E-state index in [0.717, 1.165) is 38.5 Å². The Morgan fingerprint density at radius 2 is 0.643 bits per heavy atom. The highest BCUT2D eigenvalue weighted by atomic mass is 32.2. The monoisotopic (exact) mass is 1850 g/mol. The molecular formula is C84H105F6O33S3-3. The van der Waals surface area contributed by atoms with Crippen molar-refractivity contribution in [3.63, 3.8) is 0 Å². The van der Waals surface area contributed by atoms with Crippen LogP contribution in [0.1, 0.15) is 209 Å². The Balaban J connectivity index is 0.000000139. The van der Waals surface area contributed by atoms with Crippen molar-refractivity contribution >= 4 is 102 Å². The summed E-state index contributed by atoms with van der Waals surface area (Å²) in [6, 6.07) is 0. The van der Waals surface area contributed by atoms with Crippen LogP contribution in [0.2, 0.25) is 0 Å². The molecule has 15 saturated carbocycles. The fraction of sp³-hybridized carbons (Fsp3) is 0.857. The third-order valence-electron chi connectivity index (χ3n) is 33.4. The molecule has 0 aromatic heterocycles. The van der Waals surface area contributed by atoms with Gasteiger partial charge in [0.25, 0.3) is 0 Å². The number of rotatable bonds is 29. The molecule has 33 unspecified atom stereocenters. The summed E-state index contributed by atoms with van der Waals surface area (Å²) in [5.74, 6) is -9.04. The molecule has 42 heteroatoms. The number of carbonyl (C=O) groups excluding carboxylic acids is 12. The fourth-order valence-corrected chi connectivity index (χ4v) is 29.1. The first-order chi connectivity index (χ1) is 58.8. The molecule has 0 amide bonds. The van der Waals surface area contributed by atoms with Gasteiger partial charge in [-0.2, -0.15) is 26.3 Å². The molecule has 0 aromatic carbocycles. The molecule has 0 radical (unpaired) electrons. The summed E-state index contributed by atoms with van der Waals surface area (Å²) in [5.41, 5.74) is -1.78. The number of fused-ring (bicyclic) bond motifs is 18. The maximum absolute atomic E-state index is 13.9. The molecule has 33 nitrogen and oxygen atoms in total. The summed E-state index contributed by atoms with van der Waals surface area (Å²) in [4.78, 5) is 153. The number of esters is 12. The first-order valence-electron chi connectivity index (χ1n) is 44.3. The predicted octanol–water partition coefficient (Wildman–Crippen LogP) is 7.97. The topological polar surface area (TPSA) is 487 Å². The van der Waals surface area contributed by atoms with Gasteiger partial charge in [-0.3, -0.25) is 57.5 Å². The minimum Gasteiger partial charge on any atom is -0.743 e. The van der Waals surface area contributed by atoms with Crippen molar-refractivity contribution in [3.8, 4) is 0 Å². The molecule has 3 heterocycles. The van der Waals surface area contributed by atoms with E-state index in [-0.39, 0.29) is 23.7 Å². The van der Waals surface area contributed by atoms with Gasteiger partial charge in [0, 0.05) is 35.5 Å². The Bertz CT molecular complexity index is 4740. The van der Waals surface area contributed by atoms with Crippen LogP contribution in [0.3, 0.4) is 0 Å². The predicted molar refractivity (Wildman–Crippen MR) is 402 cm³/mol. The van der Waals surface area contributed by atoms with Crippen molar-refractivity contribution in [3.05, 3.63) is 0 Å². The molecule has 3 aliphatic heterocycles. The lowest BCUT2D eigenvalue weighted by Crippen LogP contribution is -2.47. The van der Waals surface area contributed by atoms with Crippen LogP contribution in [-0.4, -0.2) is 198 Å². The van der Waals surface area contributed by atoms with E-state index < -0.39 is 281 Å². The van der Waals surface area contributed by atoms with Crippen molar-refractivity contribution in [2.24, 2.45) is 148 Å². The minimum absolute atomic E-state index is 0.0908. The van der Waals surface area contributed by atoms with Gasteiger partial charge in [0.05, 0.1) is 74.0 Å². The van der Waals surface area contributed by atoms with Gasteiger partial charge in [0.2, 0.25) is 0 Å².